The van der Waals surface area contributed by atoms with E-state index in [4.69, 9.17) is 10.8 Å². The van der Waals surface area contributed by atoms with Crippen molar-refractivity contribution < 1.29 is 9.90 Å². The van der Waals surface area contributed by atoms with E-state index in [2.05, 4.69) is 6.92 Å². The molecule has 0 bridgehead atoms. The topological polar surface area (TPSA) is 63.3 Å². The second-order valence-electron chi connectivity index (χ2n) is 3.90. The van der Waals surface area contributed by atoms with Crippen molar-refractivity contribution in [1.29, 1.82) is 0 Å². The number of aliphatic carboxylic acids is 1. The van der Waals surface area contributed by atoms with Gasteiger partial charge in [0.25, 0.3) is 0 Å². The van der Waals surface area contributed by atoms with Gasteiger partial charge in [0.15, 0.2) is 0 Å². The molecule has 0 amide bonds. The molecular weight excluding hydrogens is 142 g/mol. The van der Waals surface area contributed by atoms with Crippen LogP contribution in [0, 0.1) is 11.8 Å². The second kappa shape index (κ2) is 2.48. The van der Waals surface area contributed by atoms with E-state index >= 15 is 0 Å². The summed E-state index contributed by atoms with van der Waals surface area (Å²) in [6, 6.07) is 0. The molecule has 0 aromatic carbocycles. The van der Waals surface area contributed by atoms with Crippen LogP contribution >= 0.6 is 0 Å². The molecule has 1 rings (SSSR count). The Hall–Kier alpha value is -0.570. The third kappa shape index (κ3) is 1.93. The molecule has 0 heterocycles. The molecule has 1 aliphatic carbocycles. The van der Waals surface area contributed by atoms with Crippen molar-refractivity contribution in [2.45, 2.75) is 32.2 Å². The maximum Gasteiger partial charge on any atom is 0.323 e. The Bertz CT molecular complexity index is 177. The lowest BCUT2D eigenvalue weighted by Crippen LogP contribution is -2.45. The third-order valence-electron chi connectivity index (χ3n) is 2.45. The average molecular weight is 157 g/mol. The molecule has 11 heavy (non-hydrogen) atoms. The van der Waals surface area contributed by atoms with E-state index in [0.29, 0.717) is 18.3 Å². The fourth-order valence-electron chi connectivity index (χ4n) is 1.32. The summed E-state index contributed by atoms with van der Waals surface area (Å²) >= 11 is 0. The van der Waals surface area contributed by atoms with Crippen molar-refractivity contribution in [2.24, 2.45) is 17.6 Å². The lowest BCUT2D eigenvalue weighted by Gasteiger charge is -2.18. The quantitative estimate of drug-likeness (QED) is 0.638. The third-order valence-corrected chi connectivity index (χ3v) is 2.45. The molecule has 0 radical (unpaired) electrons. The molecule has 3 N–H and O–H groups in total. The average Bonchev–Trinajstić information content (AvgIpc) is 2.45. The van der Waals surface area contributed by atoms with Gasteiger partial charge in [0.2, 0.25) is 0 Å². The Morgan fingerprint density at radius 3 is 2.55 bits per heavy atom. The van der Waals surface area contributed by atoms with Gasteiger partial charge >= 0.3 is 5.97 Å². The van der Waals surface area contributed by atoms with Gasteiger partial charge in [0.05, 0.1) is 0 Å². The van der Waals surface area contributed by atoms with Crippen molar-refractivity contribution in [3.8, 4) is 0 Å². The Morgan fingerprint density at radius 2 is 2.27 bits per heavy atom. The van der Waals surface area contributed by atoms with Crippen LogP contribution in [0.3, 0.4) is 0 Å². The van der Waals surface area contributed by atoms with E-state index in [1.807, 2.05) is 0 Å². The van der Waals surface area contributed by atoms with Crippen LogP contribution in [0.2, 0.25) is 0 Å². The van der Waals surface area contributed by atoms with Gasteiger partial charge in [-0.3, -0.25) is 4.79 Å². The first-order valence-electron chi connectivity index (χ1n) is 3.96. The summed E-state index contributed by atoms with van der Waals surface area (Å²) < 4.78 is 0. The molecule has 0 aromatic heterocycles. The van der Waals surface area contributed by atoms with Gasteiger partial charge in [-0.2, -0.15) is 0 Å². The zero-order valence-corrected chi connectivity index (χ0v) is 7.00. The van der Waals surface area contributed by atoms with Gasteiger partial charge in [-0.25, -0.2) is 0 Å². The van der Waals surface area contributed by atoms with E-state index in [1.165, 1.54) is 0 Å². The molecule has 0 aromatic rings. The number of hydrogen-bond acceptors (Lipinski definition) is 2. The molecule has 0 spiro atoms. The highest BCUT2D eigenvalue weighted by atomic mass is 16.4. The Labute approximate surface area is 66.6 Å². The van der Waals surface area contributed by atoms with Crippen LogP contribution in [0.15, 0.2) is 0 Å². The van der Waals surface area contributed by atoms with Crippen LogP contribution in [0.5, 0.6) is 0 Å². The SMILES string of the molecule is CC1CC1CC(C)(N)C(=O)O. The summed E-state index contributed by atoms with van der Waals surface area (Å²) in [5, 5.41) is 8.68. The number of hydrogen-bond donors (Lipinski definition) is 2. The van der Waals surface area contributed by atoms with E-state index in [1.54, 1.807) is 6.92 Å². The smallest absolute Gasteiger partial charge is 0.323 e. The minimum Gasteiger partial charge on any atom is -0.480 e. The summed E-state index contributed by atoms with van der Waals surface area (Å²) in [6.45, 7) is 3.71. The maximum atomic E-state index is 10.6. The largest absolute Gasteiger partial charge is 0.480 e. The lowest BCUT2D eigenvalue weighted by molar-refractivity contribution is -0.143. The van der Waals surface area contributed by atoms with Gasteiger partial charge in [-0.15, -0.1) is 0 Å². The number of rotatable bonds is 3. The van der Waals surface area contributed by atoms with E-state index < -0.39 is 11.5 Å². The van der Waals surface area contributed by atoms with Crippen LogP contribution in [0.25, 0.3) is 0 Å². The molecule has 3 atom stereocenters. The Balaban J connectivity index is 2.40. The highest BCUT2D eigenvalue weighted by molar-refractivity contribution is 5.77. The fraction of sp³-hybridized carbons (Fsp3) is 0.875. The second-order valence-corrected chi connectivity index (χ2v) is 3.90. The van der Waals surface area contributed by atoms with E-state index in [0.717, 1.165) is 6.42 Å². The van der Waals surface area contributed by atoms with E-state index in [9.17, 15) is 4.79 Å². The van der Waals surface area contributed by atoms with Gasteiger partial charge in [0.1, 0.15) is 5.54 Å². The standard InChI is InChI=1S/C8H15NO2/c1-5-3-6(5)4-8(2,9)7(10)11/h5-6H,3-4,9H2,1-2H3,(H,10,11). The molecule has 3 unspecified atom stereocenters. The van der Waals surface area contributed by atoms with Crippen LogP contribution < -0.4 is 5.73 Å². The minimum absolute atomic E-state index is 0.543. The van der Waals surface area contributed by atoms with Crippen LogP contribution in [-0.2, 0) is 4.79 Å². The van der Waals surface area contributed by atoms with Gasteiger partial charge < -0.3 is 10.8 Å². The molecule has 0 aliphatic heterocycles. The number of nitrogens with two attached hydrogens (primary N) is 1. The zero-order valence-electron chi connectivity index (χ0n) is 7.00. The number of carboxylic acid groups (broad SMARTS) is 1. The molecule has 1 aliphatic rings. The molecule has 3 nitrogen and oxygen atoms in total. The summed E-state index contributed by atoms with van der Waals surface area (Å²) in [4.78, 5) is 10.6. The minimum atomic E-state index is -1.02. The monoisotopic (exact) mass is 157 g/mol. The Morgan fingerprint density at radius 1 is 1.82 bits per heavy atom. The molecule has 64 valence electrons. The summed E-state index contributed by atoms with van der Waals surface area (Å²) in [5.41, 5.74) is 4.54. The van der Waals surface area contributed by atoms with Gasteiger partial charge in [-0.05, 0) is 31.6 Å². The van der Waals surface area contributed by atoms with Crippen molar-refractivity contribution in [2.75, 3.05) is 0 Å². The first-order valence-corrected chi connectivity index (χ1v) is 3.96. The van der Waals surface area contributed by atoms with Gasteiger partial charge in [0, 0.05) is 0 Å². The zero-order chi connectivity index (χ0) is 8.65. The molecule has 0 saturated heterocycles. The van der Waals surface area contributed by atoms with Gasteiger partial charge in [-0.1, -0.05) is 6.92 Å². The molecular formula is C8H15NO2. The predicted octanol–water partition coefficient (Wildman–Crippen LogP) is 0.834. The van der Waals surface area contributed by atoms with Crippen molar-refractivity contribution >= 4 is 5.97 Å². The normalized spacial score (nSPS) is 34.5. The fourth-order valence-corrected chi connectivity index (χ4v) is 1.32. The first-order chi connectivity index (χ1) is 4.93. The maximum absolute atomic E-state index is 10.6. The first kappa shape index (κ1) is 8.53. The van der Waals surface area contributed by atoms with Crippen molar-refractivity contribution in [3.05, 3.63) is 0 Å². The number of carbonyl (C=O) groups is 1. The molecule has 1 saturated carbocycles. The van der Waals surface area contributed by atoms with Crippen molar-refractivity contribution in [1.82, 2.24) is 0 Å². The highest BCUT2D eigenvalue weighted by Gasteiger charge is 2.40. The molecule has 1 fully saturated rings. The van der Waals surface area contributed by atoms with Crippen LogP contribution in [0.1, 0.15) is 26.7 Å². The Kier molecular flexibility index (Phi) is 1.92. The van der Waals surface area contributed by atoms with E-state index in [-0.39, 0.29) is 0 Å². The number of carboxylic acids is 1. The summed E-state index contributed by atoms with van der Waals surface area (Å²) in [7, 11) is 0. The highest BCUT2D eigenvalue weighted by Crippen LogP contribution is 2.42. The van der Waals surface area contributed by atoms with Crippen molar-refractivity contribution in [3.63, 3.8) is 0 Å². The van der Waals surface area contributed by atoms with Crippen LogP contribution in [0.4, 0.5) is 0 Å². The summed E-state index contributed by atoms with van der Waals surface area (Å²) in [5.74, 6) is 0.329. The lowest BCUT2D eigenvalue weighted by atomic mass is 9.96. The summed E-state index contributed by atoms with van der Waals surface area (Å²) in [6.07, 6.45) is 1.75. The molecule has 3 heteroatoms. The predicted molar refractivity (Wildman–Crippen MR) is 42.1 cm³/mol. The van der Waals surface area contributed by atoms with Crippen LogP contribution in [-0.4, -0.2) is 16.6 Å².